The van der Waals surface area contributed by atoms with Gasteiger partial charge in [-0.25, -0.2) is 4.39 Å². The van der Waals surface area contributed by atoms with E-state index >= 15 is 0 Å². The van der Waals surface area contributed by atoms with E-state index in [4.69, 9.17) is 0 Å². The number of halogens is 2. The normalized spacial score (nSPS) is 24.0. The molecule has 2 rings (SSSR count). The summed E-state index contributed by atoms with van der Waals surface area (Å²) in [7, 11) is 0. The van der Waals surface area contributed by atoms with Crippen molar-refractivity contribution in [1.29, 1.82) is 0 Å². The fourth-order valence-electron chi connectivity index (χ4n) is 2.89. The average Bonchev–Trinajstić information content (AvgIpc) is 2.36. The summed E-state index contributed by atoms with van der Waals surface area (Å²) in [6, 6.07) is 4.00. The van der Waals surface area contributed by atoms with Crippen molar-refractivity contribution in [3.63, 3.8) is 0 Å². The highest BCUT2D eigenvalue weighted by Gasteiger charge is 2.23. The molecule has 0 aliphatic heterocycles. The number of hydrogen-bond donors (Lipinski definition) is 1. The number of aryl methyl sites for hydroxylation is 1. The molecule has 1 N–H and O–H groups in total. The van der Waals surface area contributed by atoms with Gasteiger partial charge in [-0.15, -0.1) is 0 Å². The van der Waals surface area contributed by atoms with E-state index in [9.17, 15) is 4.39 Å². The lowest BCUT2D eigenvalue weighted by atomic mass is 9.82. The second-order valence-electron chi connectivity index (χ2n) is 5.28. The molecule has 1 saturated carbocycles. The Kier molecular flexibility index (Phi) is 4.66. The number of benzene rings is 1. The predicted octanol–water partition coefficient (Wildman–Crippen LogP) is 5.28. The van der Waals surface area contributed by atoms with Gasteiger partial charge in [-0.3, -0.25) is 0 Å². The summed E-state index contributed by atoms with van der Waals surface area (Å²) in [6.07, 6.45) is 6.42. The smallest absolute Gasteiger partial charge is 0.137 e. The fourth-order valence-corrected chi connectivity index (χ4v) is 3.23. The molecule has 0 bridgehead atoms. The number of rotatable bonds is 3. The van der Waals surface area contributed by atoms with Crippen molar-refractivity contribution in [3.05, 3.63) is 28.0 Å². The van der Waals surface area contributed by atoms with Gasteiger partial charge in [-0.2, -0.15) is 0 Å². The van der Waals surface area contributed by atoms with Crippen LogP contribution in [-0.2, 0) is 0 Å². The summed E-state index contributed by atoms with van der Waals surface area (Å²) < 4.78 is 13.9. The highest BCUT2D eigenvalue weighted by Crippen LogP contribution is 2.31. The van der Waals surface area contributed by atoms with E-state index < -0.39 is 0 Å². The van der Waals surface area contributed by atoms with Gasteiger partial charge in [-0.1, -0.05) is 26.2 Å². The Morgan fingerprint density at radius 3 is 2.78 bits per heavy atom. The molecule has 1 aliphatic rings. The van der Waals surface area contributed by atoms with Crippen LogP contribution in [0.15, 0.2) is 16.6 Å². The molecular weight excluding hydrogens is 293 g/mol. The molecule has 3 heteroatoms. The van der Waals surface area contributed by atoms with Gasteiger partial charge < -0.3 is 5.32 Å². The maximum Gasteiger partial charge on any atom is 0.137 e. The van der Waals surface area contributed by atoms with Crippen LogP contribution in [-0.4, -0.2) is 6.04 Å². The molecule has 0 spiro atoms. The lowest BCUT2D eigenvalue weighted by Gasteiger charge is -2.32. The zero-order chi connectivity index (χ0) is 13.1. The van der Waals surface area contributed by atoms with Gasteiger partial charge in [-0.05, 0) is 59.3 Å². The molecule has 1 nitrogen and oxygen atoms in total. The maximum atomic E-state index is 13.4. The minimum Gasteiger partial charge on any atom is -0.382 e. The molecule has 0 radical (unpaired) electrons. The fraction of sp³-hybridized carbons (Fsp3) is 0.600. The highest BCUT2D eigenvalue weighted by molar-refractivity contribution is 9.10. The van der Waals surface area contributed by atoms with Crippen molar-refractivity contribution < 1.29 is 4.39 Å². The summed E-state index contributed by atoms with van der Waals surface area (Å²) in [4.78, 5) is 0. The Bertz CT molecular complexity index is 419. The van der Waals surface area contributed by atoms with Crippen LogP contribution < -0.4 is 5.32 Å². The van der Waals surface area contributed by atoms with Crippen LogP contribution in [0.3, 0.4) is 0 Å². The van der Waals surface area contributed by atoms with Crippen LogP contribution in [0, 0.1) is 18.7 Å². The van der Waals surface area contributed by atoms with Crippen molar-refractivity contribution in [2.45, 2.75) is 52.0 Å². The zero-order valence-corrected chi connectivity index (χ0v) is 12.7. The summed E-state index contributed by atoms with van der Waals surface area (Å²) >= 11 is 3.26. The summed E-state index contributed by atoms with van der Waals surface area (Å²) in [5.74, 6) is 0.565. The Labute approximate surface area is 117 Å². The third-order valence-electron chi connectivity index (χ3n) is 4.04. The van der Waals surface area contributed by atoms with Crippen LogP contribution in [0.1, 0.15) is 44.6 Å². The van der Waals surface area contributed by atoms with Crippen LogP contribution in [0.2, 0.25) is 0 Å². The number of nitrogens with one attached hydrogen (secondary N) is 1. The van der Waals surface area contributed by atoms with Crippen LogP contribution >= 0.6 is 15.9 Å². The molecule has 0 amide bonds. The first kappa shape index (κ1) is 13.9. The average molecular weight is 314 g/mol. The van der Waals surface area contributed by atoms with Gasteiger partial charge in [0.2, 0.25) is 0 Å². The monoisotopic (exact) mass is 313 g/mol. The summed E-state index contributed by atoms with van der Waals surface area (Å²) in [5, 5.41) is 3.62. The van der Waals surface area contributed by atoms with Crippen molar-refractivity contribution in [1.82, 2.24) is 0 Å². The van der Waals surface area contributed by atoms with Crippen molar-refractivity contribution in [2.24, 2.45) is 5.92 Å². The quantitative estimate of drug-likeness (QED) is 0.800. The minimum atomic E-state index is -0.186. The lowest BCUT2D eigenvalue weighted by molar-refractivity contribution is 0.317. The van der Waals surface area contributed by atoms with Gasteiger partial charge in [0.15, 0.2) is 0 Å². The van der Waals surface area contributed by atoms with Gasteiger partial charge in [0.25, 0.3) is 0 Å². The molecular formula is C15H21BrFN. The van der Waals surface area contributed by atoms with Gasteiger partial charge in [0, 0.05) is 11.7 Å². The molecule has 2 unspecified atom stereocenters. The SMILES string of the molecule is CCC1CCCCC1Nc1cc(Br)c(F)cc1C. The Balaban J connectivity index is 2.15. The molecule has 1 fully saturated rings. The molecule has 100 valence electrons. The van der Waals surface area contributed by atoms with E-state index in [1.54, 1.807) is 6.07 Å². The van der Waals surface area contributed by atoms with Crippen molar-refractivity contribution in [2.75, 3.05) is 5.32 Å². The highest BCUT2D eigenvalue weighted by atomic mass is 79.9. The van der Waals surface area contributed by atoms with E-state index in [2.05, 4.69) is 28.2 Å². The zero-order valence-electron chi connectivity index (χ0n) is 11.1. The first-order valence-corrected chi connectivity index (χ1v) is 7.63. The Hall–Kier alpha value is -0.570. The van der Waals surface area contributed by atoms with Crippen LogP contribution in [0.4, 0.5) is 10.1 Å². The molecule has 0 heterocycles. The minimum absolute atomic E-state index is 0.186. The molecule has 0 saturated heterocycles. The molecule has 0 aromatic heterocycles. The van der Waals surface area contributed by atoms with E-state index in [1.165, 1.54) is 32.1 Å². The second kappa shape index (κ2) is 6.05. The standard InChI is InChI=1S/C15H21BrFN/c1-3-11-6-4-5-7-14(11)18-15-9-12(16)13(17)8-10(15)2/h8-9,11,14,18H,3-7H2,1-2H3. The number of anilines is 1. The Morgan fingerprint density at radius 1 is 1.33 bits per heavy atom. The molecule has 1 aromatic carbocycles. The van der Waals surface area contributed by atoms with Crippen LogP contribution in [0.25, 0.3) is 0 Å². The van der Waals surface area contributed by atoms with Crippen molar-refractivity contribution >= 4 is 21.6 Å². The summed E-state index contributed by atoms with van der Waals surface area (Å²) in [6.45, 7) is 4.22. The maximum absolute atomic E-state index is 13.4. The lowest BCUT2D eigenvalue weighted by Crippen LogP contribution is -2.32. The van der Waals surface area contributed by atoms with E-state index in [1.807, 2.05) is 13.0 Å². The van der Waals surface area contributed by atoms with E-state index in [-0.39, 0.29) is 5.82 Å². The van der Waals surface area contributed by atoms with Gasteiger partial charge in [0.05, 0.1) is 4.47 Å². The second-order valence-corrected chi connectivity index (χ2v) is 6.14. The molecule has 1 aromatic rings. The largest absolute Gasteiger partial charge is 0.382 e. The van der Waals surface area contributed by atoms with Crippen LogP contribution in [0.5, 0.6) is 0 Å². The Morgan fingerprint density at radius 2 is 2.06 bits per heavy atom. The molecule has 2 atom stereocenters. The van der Waals surface area contributed by atoms with Gasteiger partial charge >= 0.3 is 0 Å². The molecule has 1 aliphatic carbocycles. The third kappa shape index (κ3) is 3.05. The predicted molar refractivity (Wildman–Crippen MR) is 78.5 cm³/mol. The first-order chi connectivity index (χ1) is 8.61. The van der Waals surface area contributed by atoms with Crippen molar-refractivity contribution in [3.8, 4) is 0 Å². The van der Waals surface area contributed by atoms with Gasteiger partial charge in [0.1, 0.15) is 5.82 Å². The van der Waals surface area contributed by atoms with E-state index in [0.717, 1.165) is 17.2 Å². The first-order valence-electron chi connectivity index (χ1n) is 6.84. The summed E-state index contributed by atoms with van der Waals surface area (Å²) in [5.41, 5.74) is 2.05. The van der Waals surface area contributed by atoms with E-state index in [0.29, 0.717) is 10.5 Å². The molecule has 18 heavy (non-hydrogen) atoms. The topological polar surface area (TPSA) is 12.0 Å². The third-order valence-corrected chi connectivity index (χ3v) is 4.65. The number of hydrogen-bond acceptors (Lipinski definition) is 1.